The highest BCUT2D eigenvalue weighted by Gasteiger charge is 2.43. The van der Waals surface area contributed by atoms with Crippen molar-refractivity contribution in [2.75, 3.05) is 0 Å². The number of Topliss-reactive ketones (excluding diaryl/α,β-unsaturated/α-hetero) is 1. The van der Waals surface area contributed by atoms with Gasteiger partial charge < -0.3 is 0 Å². The number of rotatable bonds is 1. The van der Waals surface area contributed by atoms with Crippen molar-refractivity contribution in [1.82, 2.24) is 0 Å². The van der Waals surface area contributed by atoms with Crippen LogP contribution in [-0.2, 0) is 4.79 Å². The Bertz CT molecular complexity index is 219. The van der Waals surface area contributed by atoms with E-state index in [2.05, 4.69) is 13.5 Å². The van der Waals surface area contributed by atoms with Crippen molar-refractivity contribution in [1.29, 1.82) is 0 Å². The second-order valence-electron chi connectivity index (χ2n) is 4.27. The van der Waals surface area contributed by atoms with Crippen LogP contribution in [0, 0.1) is 23.7 Å². The first-order valence-electron chi connectivity index (χ1n) is 4.90. The second-order valence-corrected chi connectivity index (χ2v) is 4.27. The molecule has 0 aromatic heterocycles. The highest BCUT2D eigenvalue weighted by atomic mass is 16.1. The molecule has 0 heterocycles. The maximum Gasteiger partial charge on any atom is 0.139 e. The minimum absolute atomic E-state index is 0.244. The number of fused-ring (bicyclic) bond motifs is 2. The van der Waals surface area contributed by atoms with E-state index in [0.717, 1.165) is 18.8 Å². The first-order valence-corrected chi connectivity index (χ1v) is 4.90. The molecule has 0 saturated heterocycles. The van der Waals surface area contributed by atoms with Crippen LogP contribution in [0.4, 0.5) is 0 Å². The van der Waals surface area contributed by atoms with Crippen molar-refractivity contribution in [2.24, 2.45) is 23.7 Å². The molecule has 0 aliphatic heterocycles. The number of allylic oxidation sites excluding steroid dienone is 1. The van der Waals surface area contributed by atoms with E-state index in [4.69, 9.17) is 0 Å². The number of carbonyl (C=O) groups excluding carboxylic acids is 1. The number of carbonyl (C=O) groups is 1. The van der Waals surface area contributed by atoms with Gasteiger partial charge in [0, 0.05) is 11.8 Å². The minimum Gasteiger partial charge on any atom is -0.299 e. The van der Waals surface area contributed by atoms with E-state index < -0.39 is 0 Å². The predicted octanol–water partition coefficient (Wildman–Crippen LogP) is 2.42. The van der Waals surface area contributed by atoms with Gasteiger partial charge in [-0.15, -0.1) is 6.58 Å². The molecule has 2 saturated carbocycles. The summed E-state index contributed by atoms with van der Waals surface area (Å²) in [5, 5.41) is 0. The molecule has 2 rings (SSSR count). The van der Waals surface area contributed by atoms with E-state index in [-0.39, 0.29) is 5.92 Å². The third-order valence-electron chi connectivity index (χ3n) is 3.72. The quantitative estimate of drug-likeness (QED) is 0.544. The maximum atomic E-state index is 11.7. The van der Waals surface area contributed by atoms with Gasteiger partial charge in [0.25, 0.3) is 0 Å². The smallest absolute Gasteiger partial charge is 0.139 e. The number of hydrogen-bond acceptors (Lipinski definition) is 1. The van der Waals surface area contributed by atoms with Crippen LogP contribution in [-0.4, -0.2) is 5.78 Å². The highest BCUT2D eigenvalue weighted by molar-refractivity contribution is 5.85. The Morgan fingerprint density at radius 2 is 2.25 bits per heavy atom. The molecule has 4 atom stereocenters. The van der Waals surface area contributed by atoms with Crippen LogP contribution in [0.3, 0.4) is 0 Å². The standard InChI is InChI=1S/C11H16O/c1-3-10-7(2)11(12)9-5-4-8(10)6-9/h3,7-10H,1,4-6H2,2H3/t7?,8?,9?,10-/m0/s1. The van der Waals surface area contributed by atoms with Gasteiger partial charge in [-0.1, -0.05) is 13.0 Å². The van der Waals surface area contributed by atoms with E-state index in [9.17, 15) is 4.79 Å². The SMILES string of the molecule is C=C[C@@H]1C2CCC(C2)C(=O)C1C. The Kier molecular flexibility index (Phi) is 1.82. The lowest BCUT2D eigenvalue weighted by molar-refractivity contribution is -0.129. The van der Waals surface area contributed by atoms with Crippen molar-refractivity contribution >= 4 is 5.78 Å². The van der Waals surface area contributed by atoms with Gasteiger partial charge in [0.05, 0.1) is 0 Å². The van der Waals surface area contributed by atoms with Gasteiger partial charge in [-0.2, -0.15) is 0 Å². The average molecular weight is 164 g/mol. The van der Waals surface area contributed by atoms with Gasteiger partial charge in [0.2, 0.25) is 0 Å². The second kappa shape index (κ2) is 2.72. The van der Waals surface area contributed by atoms with Crippen LogP contribution in [0.25, 0.3) is 0 Å². The topological polar surface area (TPSA) is 17.1 Å². The van der Waals surface area contributed by atoms with Crippen LogP contribution >= 0.6 is 0 Å². The molecule has 2 aliphatic carbocycles. The Morgan fingerprint density at radius 3 is 2.92 bits per heavy atom. The first kappa shape index (κ1) is 8.03. The van der Waals surface area contributed by atoms with Crippen LogP contribution in [0.2, 0.25) is 0 Å². The molecule has 2 aliphatic rings. The molecule has 66 valence electrons. The van der Waals surface area contributed by atoms with Crippen molar-refractivity contribution in [2.45, 2.75) is 26.2 Å². The summed E-state index contributed by atoms with van der Waals surface area (Å²) >= 11 is 0. The van der Waals surface area contributed by atoms with Gasteiger partial charge in [-0.05, 0) is 31.1 Å². The van der Waals surface area contributed by atoms with Crippen LogP contribution in [0.15, 0.2) is 12.7 Å². The summed E-state index contributed by atoms with van der Waals surface area (Å²) in [4.78, 5) is 11.7. The summed E-state index contributed by atoms with van der Waals surface area (Å²) in [7, 11) is 0. The zero-order valence-electron chi connectivity index (χ0n) is 7.62. The Hall–Kier alpha value is -0.590. The summed E-state index contributed by atoms with van der Waals surface area (Å²) in [5.41, 5.74) is 0. The molecule has 0 aromatic rings. The fraction of sp³-hybridized carbons (Fsp3) is 0.727. The zero-order chi connectivity index (χ0) is 8.72. The third kappa shape index (κ3) is 0.954. The molecule has 0 spiro atoms. The molecule has 0 aromatic carbocycles. The first-order chi connectivity index (χ1) is 5.74. The summed E-state index contributed by atoms with van der Waals surface area (Å²) < 4.78 is 0. The van der Waals surface area contributed by atoms with Gasteiger partial charge in [-0.25, -0.2) is 0 Å². The molecule has 1 nitrogen and oxygen atoms in total. The van der Waals surface area contributed by atoms with Gasteiger partial charge in [0.1, 0.15) is 5.78 Å². The molecule has 0 N–H and O–H groups in total. The molecular weight excluding hydrogens is 148 g/mol. The molecule has 1 heteroatoms. The molecule has 0 radical (unpaired) electrons. The van der Waals surface area contributed by atoms with E-state index in [1.54, 1.807) is 0 Å². The molecular formula is C11H16O. The van der Waals surface area contributed by atoms with Crippen LogP contribution in [0.1, 0.15) is 26.2 Å². The Labute approximate surface area is 73.8 Å². The Morgan fingerprint density at radius 1 is 1.50 bits per heavy atom. The maximum absolute atomic E-state index is 11.7. The van der Waals surface area contributed by atoms with Crippen molar-refractivity contribution in [3.63, 3.8) is 0 Å². The summed E-state index contributed by atoms with van der Waals surface area (Å²) in [6.07, 6.45) is 5.52. The number of ketones is 1. The van der Waals surface area contributed by atoms with Crippen LogP contribution in [0.5, 0.6) is 0 Å². The summed E-state index contributed by atoms with van der Waals surface area (Å²) in [6, 6.07) is 0. The lowest BCUT2D eigenvalue weighted by Crippen LogP contribution is -2.33. The molecule has 3 unspecified atom stereocenters. The van der Waals surface area contributed by atoms with Gasteiger partial charge in [0.15, 0.2) is 0 Å². The average Bonchev–Trinajstić information content (AvgIpc) is 2.49. The van der Waals surface area contributed by atoms with Gasteiger partial charge in [-0.3, -0.25) is 4.79 Å². The van der Waals surface area contributed by atoms with Crippen molar-refractivity contribution in [3.8, 4) is 0 Å². The van der Waals surface area contributed by atoms with Gasteiger partial charge >= 0.3 is 0 Å². The van der Waals surface area contributed by atoms with Crippen molar-refractivity contribution in [3.05, 3.63) is 12.7 Å². The molecule has 0 amide bonds. The minimum atomic E-state index is 0.244. The lowest BCUT2D eigenvalue weighted by atomic mass is 9.72. The highest BCUT2D eigenvalue weighted by Crippen LogP contribution is 2.46. The van der Waals surface area contributed by atoms with E-state index in [0.29, 0.717) is 17.6 Å². The van der Waals surface area contributed by atoms with E-state index in [1.807, 2.05) is 6.08 Å². The molecule has 2 fully saturated rings. The van der Waals surface area contributed by atoms with Crippen LogP contribution < -0.4 is 0 Å². The lowest BCUT2D eigenvalue weighted by Gasteiger charge is -2.31. The fourth-order valence-electron chi connectivity index (χ4n) is 2.99. The monoisotopic (exact) mass is 164 g/mol. The fourth-order valence-corrected chi connectivity index (χ4v) is 2.99. The zero-order valence-corrected chi connectivity index (χ0v) is 7.62. The predicted molar refractivity (Wildman–Crippen MR) is 48.7 cm³/mol. The normalized spacial score (nSPS) is 46.2. The van der Waals surface area contributed by atoms with E-state index in [1.165, 1.54) is 6.42 Å². The largest absolute Gasteiger partial charge is 0.299 e. The summed E-state index contributed by atoms with van der Waals surface area (Å²) in [6.45, 7) is 5.90. The third-order valence-corrected chi connectivity index (χ3v) is 3.72. The molecule has 12 heavy (non-hydrogen) atoms. The molecule has 2 bridgehead atoms. The van der Waals surface area contributed by atoms with E-state index >= 15 is 0 Å². The Balaban J connectivity index is 2.25. The summed E-state index contributed by atoms with van der Waals surface area (Å²) in [5.74, 6) is 2.38. The van der Waals surface area contributed by atoms with Crippen molar-refractivity contribution < 1.29 is 4.79 Å². The number of hydrogen-bond donors (Lipinski definition) is 0.